The third-order valence-corrected chi connectivity index (χ3v) is 5.03. The molecule has 0 bridgehead atoms. The van der Waals surface area contributed by atoms with Crippen LogP contribution in [0.1, 0.15) is 32.1 Å². The summed E-state index contributed by atoms with van der Waals surface area (Å²) in [6.45, 7) is 0.922. The zero-order valence-electron chi connectivity index (χ0n) is 13.9. The van der Waals surface area contributed by atoms with Gasteiger partial charge in [-0.3, -0.25) is 0 Å². The van der Waals surface area contributed by atoms with Gasteiger partial charge in [-0.15, -0.1) is 0 Å². The normalized spacial score (nSPS) is 17.1. The summed E-state index contributed by atoms with van der Waals surface area (Å²) in [4.78, 5) is 1.52. The molecular weight excluding hydrogens is 294 g/mol. The molecular formula is C17H28N3OS+. The second-order valence-corrected chi connectivity index (χ2v) is 6.79. The van der Waals surface area contributed by atoms with E-state index >= 15 is 0 Å². The number of nitrogens with one attached hydrogen (secondary N) is 3. The van der Waals surface area contributed by atoms with Gasteiger partial charge in [-0.1, -0.05) is 12.5 Å². The van der Waals surface area contributed by atoms with Crippen LogP contribution in [0.15, 0.2) is 24.3 Å². The highest BCUT2D eigenvalue weighted by Gasteiger charge is 2.37. The largest absolute Gasteiger partial charge is 0.497 e. The Kier molecular flexibility index (Phi) is 6.03. The molecule has 0 aliphatic heterocycles. The van der Waals surface area contributed by atoms with Crippen LogP contribution in [0.5, 0.6) is 5.75 Å². The van der Waals surface area contributed by atoms with E-state index < -0.39 is 0 Å². The van der Waals surface area contributed by atoms with Crippen molar-refractivity contribution in [2.75, 3.05) is 33.1 Å². The maximum atomic E-state index is 5.45. The van der Waals surface area contributed by atoms with Crippen LogP contribution in [0, 0.1) is 0 Å². The zero-order valence-corrected chi connectivity index (χ0v) is 14.7. The highest BCUT2D eigenvalue weighted by Crippen LogP contribution is 2.25. The molecule has 122 valence electrons. The van der Waals surface area contributed by atoms with Crippen LogP contribution in [0.25, 0.3) is 0 Å². The first kappa shape index (κ1) is 17.0. The van der Waals surface area contributed by atoms with Crippen molar-refractivity contribution in [1.82, 2.24) is 5.32 Å². The first-order valence-corrected chi connectivity index (χ1v) is 8.46. The first-order valence-electron chi connectivity index (χ1n) is 8.05. The molecule has 5 heteroatoms. The predicted octanol–water partition coefficient (Wildman–Crippen LogP) is 1.83. The van der Waals surface area contributed by atoms with Crippen molar-refractivity contribution in [3.63, 3.8) is 0 Å². The summed E-state index contributed by atoms with van der Waals surface area (Å²) in [5.41, 5.74) is 1.25. The average Bonchev–Trinajstić information content (AvgIpc) is 2.54. The van der Waals surface area contributed by atoms with Crippen molar-refractivity contribution >= 4 is 23.0 Å². The van der Waals surface area contributed by atoms with Gasteiger partial charge in [0.05, 0.1) is 27.7 Å². The number of likely N-dealkylation sites (N-methyl/N-ethyl adjacent to an activating group) is 1. The Hall–Kier alpha value is -1.33. The summed E-state index contributed by atoms with van der Waals surface area (Å²) in [7, 11) is 6.18. The number of quaternary nitrogens is 1. The van der Waals surface area contributed by atoms with E-state index in [0.29, 0.717) is 10.7 Å². The fourth-order valence-corrected chi connectivity index (χ4v) is 3.40. The molecule has 22 heavy (non-hydrogen) atoms. The van der Waals surface area contributed by atoms with Crippen LogP contribution in [0.3, 0.4) is 0 Å². The number of thiocarbonyl (C=S) groups is 1. The lowest BCUT2D eigenvalue weighted by Crippen LogP contribution is -3.16. The minimum absolute atomic E-state index is 0.304. The lowest BCUT2D eigenvalue weighted by molar-refractivity contribution is -0.916. The van der Waals surface area contributed by atoms with Gasteiger partial charge in [-0.2, -0.15) is 0 Å². The molecule has 0 amide bonds. The summed E-state index contributed by atoms with van der Waals surface area (Å²) in [5.74, 6) is 0.828. The molecule has 0 aromatic heterocycles. The summed E-state index contributed by atoms with van der Waals surface area (Å²) in [6.07, 6.45) is 6.54. The van der Waals surface area contributed by atoms with Crippen molar-refractivity contribution in [3.8, 4) is 5.75 Å². The Balaban J connectivity index is 1.90. The van der Waals surface area contributed by atoms with Crippen molar-refractivity contribution in [2.45, 2.75) is 37.6 Å². The van der Waals surface area contributed by atoms with Gasteiger partial charge in [0.25, 0.3) is 0 Å². The van der Waals surface area contributed by atoms with E-state index in [-0.39, 0.29) is 0 Å². The molecule has 0 atom stereocenters. The summed E-state index contributed by atoms with van der Waals surface area (Å²) in [6, 6.07) is 7.82. The van der Waals surface area contributed by atoms with Gasteiger partial charge in [0, 0.05) is 24.6 Å². The molecule has 0 radical (unpaired) electrons. The minimum atomic E-state index is 0.304. The lowest BCUT2D eigenvalue weighted by Gasteiger charge is -2.40. The molecule has 0 heterocycles. The van der Waals surface area contributed by atoms with Crippen LogP contribution >= 0.6 is 12.2 Å². The van der Waals surface area contributed by atoms with E-state index in [9.17, 15) is 0 Å². The molecule has 1 fully saturated rings. The Morgan fingerprint density at radius 1 is 1.27 bits per heavy atom. The molecule has 3 N–H and O–H groups in total. The molecule has 1 saturated carbocycles. The van der Waals surface area contributed by atoms with Crippen molar-refractivity contribution in [2.24, 2.45) is 0 Å². The van der Waals surface area contributed by atoms with Crippen molar-refractivity contribution < 1.29 is 9.64 Å². The quantitative estimate of drug-likeness (QED) is 0.723. The maximum Gasteiger partial charge on any atom is 0.171 e. The van der Waals surface area contributed by atoms with E-state index in [1.165, 1.54) is 37.0 Å². The Morgan fingerprint density at radius 2 is 2.00 bits per heavy atom. The van der Waals surface area contributed by atoms with Gasteiger partial charge in [-0.05, 0) is 37.2 Å². The smallest absolute Gasteiger partial charge is 0.171 e. The third-order valence-electron chi connectivity index (χ3n) is 4.79. The van der Waals surface area contributed by atoms with Gasteiger partial charge in [0.2, 0.25) is 0 Å². The number of benzene rings is 1. The van der Waals surface area contributed by atoms with Crippen LogP contribution in [0.4, 0.5) is 5.69 Å². The fourth-order valence-electron chi connectivity index (χ4n) is 3.21. The fraction of sp³-hybridized carbons (Fsp3) is 0.588. The summed E-state index contributed by atoms with van der Waals surface area (Å²) < 4.78 is 5.23. The topological polar surface area (TPSA) is 37.7 Å². The molecule has 1 aliphatic carbocycles. The molecule has 0 spiro atoms. The number of ether oxygens (including phenoxy) is 1. The molecule has 0 saturated heterocycles. The molecule has 2 rings (SSSR count). The van der Waals surface area contributed by atoms with E-state index in [4.69, 9.17) is 17.0 Å². The highest BCUT2D eigenvalue weighted by molar-refractivity contribution is 7.80. The van der Waals surface area contributed by atoms with Gasteiger partial charge in [0.1, 0.15) is 11.3 Å². The van der Waals surface area contributed by atoms with Gasteiger partial charge in [-0.25, -0.2) is 0 Å². The summed E-state index contributed by atoms with van der Waals surface area (Å²) in [5, 5.41) is 7.34. The standard InChI is InChI=1S/C17H27N3OS/c1-20(2)17(10-5-4-6-11-17)13-18-16(22)19-14-8-7-9-15(12-14)21-3/h7-9,12H,4-6,10-11,13H2,1-3H3,(H2,18,19,22)/p+1. The van der Waals surface area contributed by atoms with E-state index in [0.717, 1.165) is 18.0 Å². The molecule has 0 unspecified atom stereocenters. The number of rotatable bonds is 5. The SMILES string of the molecule is COc1cccc(NC(=S)NCC2([NH+](C)C)CCCCC2)c1. The third kappa shape index (κ3) is 4.34. The first-order chi connectivity index (χ1) is 10.6. The Labute approximate surface area is 139 Å². The summed E-state index contributed by atoms with van der Waals surface area (Å²) >= 11 is 5.45. The minimum Gasteiger partial charge on any atom is -0.497 e. The van der Waals surface area contributed by atoms with Gasteiger partial charge >= 0.3 is 0 Å². The molecule has 1 aromatic rings. The number of hydrogen-bond acceptors (Lipinski definition) is 2. The van der Waals surface area contributed by atoms with E-state index in [2.05, 4.69) is 24.7 Å². The van der Waals surface area contributed by atoms with Crippen LogP contribution in [-0.4, -0.2) is 38.4 Å². The second kappa shape index (κ2) is 7.79. The van der Waals surface area contributed by atoms with Crippen molar-refractivity contribution in [3.05, 3.63) is 24.3 Å². The van der Waals surface area contributed by atoms with Gasteiger partial charge in [0.15, 0.2) is 5.11 Å². The maximum absolute atomic E-state index is 5.45. The van der Waals surface area contributed by atoms with Crippen molar-refractivity contribution in [1.29, 1.82) is 0 Å². The Morgan fingerprint density at radius 3 is 2.64 bits per heavy atom. The molecule has 1 aromatic carbocycles. The Bertz CT molecular complexity index is 498. The van der Waals surface area contributed by atoms with E-state index in [1.54, 1.807) is 7.11 Å². The lowest BCUT2D eigenvalue weighted by atomic mass is 9.80. The average molecular weight is 322 g/mol. The monoisotopic (exact) mass is 322 g/mol. The predicted molar refractivity (Wildman–Crippen MR) is 95.8 cm³/mol. The highest BCUT2D eigenvalue weighted by atomic mass is 32.1. The zero-order chi connectivity index (χ0) is 16.0. The number of hydrogen-bond donors (Lipinski definition) is 3. The van der Waals surface area contributed by atoms with Crippen LogP contribution in [0.2, 0.25) is 0 Å². The number of methoxy groups -OCH3 is 1. The second-order valence-electron chi connectivity index (χ2n) is 6.38. The molecule has 1 aliphatic rings. The number of anilines is 1. The van der Waals surface area contributed by atoms with E-state index in [1.807, 2.05) is 24.3 Å². The van der Waals surface area contributed by atoms with Crippen LogP contribution < -0.4 is 20.3 Å². The van der Waals surface area contributed by atoms with Crippen LogP contribution in [-0.2, 0) is 0 Å². The molecule has 4 nitrogen and oxygen atoms in total. The van der Waals surface area contributed by atoms with Gasteiger partial charge < -0.3 is 20.3 Å².